The lowest BCUT2D eigenvalue weighted by molar-refractivity contribution is 0.573. The summed E-state index contributed by atoms with van der Waals surface area (Å²) >= 11 is 0. The van der Waals surface area contributed by atoms with E-state index in [0.29, 0.717) is 23.7 Å². The minimum Gasteiger partial charge on any atom is -0.463 e. The summed E-state index contributed by atoms with van der Waals surface area (Å²) < 4.78 is 38.5. The molecule has 0 amide bonds. The molecule has 4 aromatic heterocycles. The highest BCUT2D eigenvalue weighted by Crippen LogP contribution is 2.21. The van der Waals surface area contributed by atoms with Crippen molar-refractivity contribution in [2.24, 2.45) is 7.05 Å². The van der Waals surface area contributed by atoms with Gasteiger partial charge in [-0.25, -0.2) is 17.7 Å². The highest BCUT2D eigenvalue weighted by Gasteiger charge is 2.23. The van der Waals surface area contributed by atoms with E-state index >= 15 is 0 Å². The summed E-state index contributed by atoms with van der Waals surface area (Å²) in [6, 6.07) is 5.56. The topological polar surface area (TPSA) is 99.4 Å². The molecule has 0 aliphatic rings. The minimum absolute atomic E-state index is 0.243. The largest absolute Gasteiger partial charge is 0.463 e. The van der Waals surface area contributed by atoms with Crippen molar-refractivity contribution in [3.63, 3.8) is 0 Å². The molecule has 0 aromatic carbocycles. The highest BCUT2D eigenvalue weighted by atomic mass is 32.2. The van der Waals surface area contributed by atoms with Crippen LogP contribution in [0.25, 0.3) is 17.1 Å². The molecule has 0 aliphatic heterocycles. The van der Waals surface area contributed by atoms with Crippen LogP contribution in [-0.2, 0) is 23.6 Å². The Bertz CT molecular complexity index is 1200. The van der Waals surface area contributed by atoms with E-state index in [9.17, 15) is 8.42 Å². The summed E-state index contributed by atoms with van der Waals surface area (Å²) in [6.07, 6.45) is 5.29. The lowest BCUT2D eigenvalue weighted by atomic mass is 10.3. The van der Waals surface area contributed by atoms with Gasteiger partial charge in [-0.1, -0.05) is 0 Å². The molecule has 4 rings (SSSR count). The van der Waals surface area contributed by atoms with Crippen LogP contribution >= 0.6 is 0 Å². The first kappa shape index (κ1) is 17.6. The van der Waals surface area contributed by atoms with Crippen LogP contribution in [0, 0.1) is 13.8 Å². The lowest BCUT2D eigenvalue weighted by Gasteiger charge is -2.08. The zero-order valence-electron chi connectivity index (χ0n) is 15.2. The molecule has 9 nitrogen and oxygen atoms in total. The lowest BCUT2D eigenvalue weighted by Crippen LogP contribution is -2.28. The van der Waals surface area contributed by atoms with Crippen molar-refractivity contribution in [1.82, 2.24) is 28.7 Å². The number of hydrogen-bond donors (Lipinski definition) is 1. The van der Waals surface area contributed by atoms with Crippen LogP contribution < -0.4 is 4.72 Å². The van der Waals surface area contributed by atoms with Gasteiger partial charge < -0.3 is 8.98 Å². The molecule has 0 unspecified atom stereocenters. The normalized spacial score (nSPS) is 12.3. The van der Waals surface area contributed by atoms with Crippen LogP contribution in [0.15, 0.2) is 46.2 Å². The monoisotopic (exact) mass is 388 g/mol. The van der Waals surface area contributed by atoms with Crippen molar-refractivity contribution in [2.75, 3.05) is 6.54 Å². The van der Waals surface area contributed by atoms with E-state index in [0.717, 1.165) is 11.3 Å². The molecule has 0 atom stereocenters. The Morgan fingerprint density at radius 3 is 2.70 bits per heavy atom. The summed E-state index contributed by atoms with van der Waals surface area (Å²) in [5.74, 6) is 0.688. The Morgan fingerprint density at radius 2 is 2.04 bits per heavy atom. The number of rotatable bonds is 6. The van der Waals surface area contributed by atoms with Gasteiger partial charge in [0.1, 0.15) is 16.2 Å². The fourth-order valence-corrected chi connectivity index (χ4v) is 4.63. The van der Waals surface area contributed by atoms with Crippen molar-refractivity contribution in [3.05, 3.63) is 48.2 Å². The van der Waals surface area contributed by atoms with E-state index in [-0.39, 0.29) is 11.4 Å². The smallest absolute Gasteiger partial charge is 0.244 e. The van der Waals surface area contributed by atoms with E-state index in [1.807, 2.05) is 35.2 Å². The third kappa shape index (κ3) is 3.06. The maximum atomic E-state index is 12.6. The van der Waals surface area contributed by atoms with Crippen LogP contribution in [0.2, 0.25) is 0 Å². The van der Waals surface area contributed by atoms with Crippen LogP contribution in [0.3, 0.4) is 0 Å². The van der Waals surface area contributed by atoms with Gasteiger partial charge in [0.05, 0.1) is 17.7 Å². The van der Waals surface area contributed by atoms with Crippen molar-refractivity contribution < 1.29 is 12.8 Å². The zero-order chi connectivity index (χ0) is 19.2. The van der Waals surface area contributed by atoms with Gasteiger partial charge in [0.2, 0.25) is 10.0 Å². The average molecular weight is 388 g/mol. The van der Waals surface area contributed by atoms with Gasteiger partial charge in [-0.15, -0.1) is 0 Å². The molecular formula is C17H20N6O3S. The van der Waals surface area contributed by atoms with E-state index in [1.165, 1.54) is 0 Å². The standard InChI is InChI=1S/C17H20N6O3S/c1-12-17(13(2)21(3)19-12)27(24,25)18-6-7-22-8-9-23-16(22)11-14(20-23)15-5-4-10-26-15/h4-5,8-11,18H,6-7H2,1-3H3. The van der Waals surface area contributed by atoms with Crippen molar-refractivity contribution in [3.8, 4) is 11.5 Å². The molecule has 142 valence electrons. The summed E-state index contributed by atoms with van der Waals surface area (Å²) in [6.45, 7) is 4.16. The highest BCUT2D eigenvalue weighted by molar-refractivity contribution is 7.89. The quantitative estimate of drug-likeness (QED) is 0.542. The molecule has 0 fully saturated rings. The summed E-state index contributed by atoms with van der Waals surface area (Å²) in [5.41, 5.74) is 2.69. The average Bonchev–Trinajstić information content (AvgIpc) is 3.34. The van der Waals surface area contributed by atoms with Gasteiger partial charge in [-0.3, -0.25) is 4.68 Å². The van der Waals surface area contributed by atoms with Gasteiger partial charge in [0.15, 0.2) is 5.76 Å². The number of aryl methyl sites for hydroxylation is 2. The molecule has 0 aliphatic carbocycles. The first-order valence-corrected chi connectivity index (χ1v) is 9.93. The van der Waals surface area contributed by atoms with Gasteiger partial charge >= 0.3 is 0 Å². The number of aromatic nitrogens is 5. The second kappa shape index (κ2) is 6.39. The zero-order valence-corrected chi connectivity index (χ0v) is 16.1. The van der Waals surface area contributed by atoms with E-state index in [4.69, 9.17) is 4.42 Å². The predicted octanol–water partition coefficient (Wildman–Crippen LogP) is 1.72. The number of nitrogens with zero attached hydrogens (tertiary/aromatic N) is 5. The molecule has 4 aromatic rings. The molecule has 4 heterocycles. The van der Waals surface area contributed by atoms with Crippen LogP contribution in [0.5, 0.6) is 0 Å². The van der Waals surface area contributed by atoms with Gasteiger partial charge in [0, 0.05) is 38.6 Å². The molecule has 0 saturated heterocycles. The number of nitrogens with one attached hydrogen (secondary N) is 1. The third-order valence-electron chi connectivity index (χ3n) is 4.53. The Labute approximate surface area is 156 Å². The number of hydrogen-bond acceptors (Lipinski definition) is 5. The van der Waals surface area contributed by atoms with E-state index in [1.54, 1.807) is 36.4 Å². The van der Waals surface area contributed by atoms with Gasteiger partial charge in [0.25, 0.3) is 0 Å². The second-order valence-corrected chi connectivity index (χ2v) is 8.03. The Kier molecular flexibility index (Phi) is 4.16. The van der Waals surface area contributed by atoms with E-state index < -0.39 is 10.0 Å². The number of imidazole rings is 1. The Hall–Kier alpha value is -2.85. The van der Waals surface area contributed by atoms with Crippen molar-refractivity contribution in [2.45, 2.75) is 25.3 Å². The fourth-order valence-electron chi connectivity index (χ4n) is 3.18. The molecule has 0 bridgehead atoms. The first-order valence-electron chi connectivity index (χ1n) is 8.45. The molecule has 0 saturated carbocycles. The van der Waals surface area contributed by atoms with Crippen molar-refractivity contribution in [1.29, 1.82) is 0 Å². The number of sulfonamides is 1. The predicted molar refractivity (Wildman–Crippen MR) is 98.8 cm³/mol. The molecular weight excluding hydrogens is 368 g/mol. The molecule has 1 N–H and O–H groups in total. The third-order valence-corrected chi connectivity index (χ3v) is 6.24. The SMILES string of the molecule is Cc1nn(C)c(C)c1S(=O)(=O)NCCn1ccn2nc(-c3ccco3)cc12. The van der Waals surface area contributed by atoms with Crippen molar-refractivity contribution >= 4 is 15.7 Å². The summed E-state index contributed by atoms with van der Waals surface area (Å²) in [4.78, 5) is 0.243. The Morgan fingerprint density at radius 1 is 1.22 bits per heavy atom. The maximum Gasteiger partial charge on any atom is 0.244 e. The van der Waals surface area contributed by atoms with Crippen LogP contribution in [0.4, 0.5) is 0 Å². The second-order valence-electron chi connectivity index (χ2n) is 6.32. The number of fused-ring (bicyclic) bond motifs is 1. The maximum absolute atomic E-state index is 12.6. The first-order chi connectivity index (χ1) is 12.9. The molecule has 10 heteroatoms. The molecule has 27 heavy (non-hydrogen) atoms. The summed E-state index contributed by atoms with van der Waals surface area (Å²) in [7, 11) is -1.89. The Balaban J connectivity index is 1.50. The van der Waals surface area contributed by atoms with Gasteiger partial charge in [-0.2, -0.15) is 10.2 Å². The number of furan rings is 1. The minimum atomic E-state index is -3.62. The van der Waals surface area contributed by atoms with E-state index in [2.05, 4.69) is 14.9 Å². The van der Waals surface area contributed by atoms with Gasteiger partial charge in [-0.05, 0) is 26.0 Å². The molecule has 0 radical (unpaired) electrons. The van der Waals surface area contributed by atoms with Crippen LogP contribution in [0.1, 0.15) is 11.4 Å². The summed E-state index contributed by atoms with van der Waals surface area (Å²) in [5, 5.41) is 8.63. The van der Waals surface area contributed by atoms with Crippen LogP contribution in [-0.4, -0.2) is 38.9 Å². The fraction of sp³-hybridized carbons (Fsp3) is 0.294. The molecule has 0 spiro atoms.